The van der Waals surface area contributed by atoms with Crippen LogP contribution in [0.25, 0.3) is 0 Å². The van der Waals surface area contributed by atoms with Crippen molar-refractivity contribution in [3.63, 3.8) is 0 Å². The second kappa shape index (κ2) is 13.6. The Balaban J connectivity index is 1.39. The van der Waals surface area contributed by atoms with Crippen molar-refractivity contribution >= 4 is 23.7 Å². The first-order valence-electron chi connectivity index (χ1n) is 17.6. The number of esters is 1. The molecule has 0 aromatic heterocycles. The summed E-state index contributed by atoms with van der Waals surface area (Å²) in [6.07, 6.45) is 2.81. The van der Waals surface area contributed by atoms with Crippen LogP contribution in [0.2, 0.25) is 0 Å². The Kier molecular flexibility index (Phi) is 10.6. The number of aliphatic hydroxyl groups is 3. The van der Waals surface area contributed by atoms with Crippen LogP contribution in [-0.4, -0.2) is 69.3 Å². The van der Waals surface area contributed by atoms with Gasteiger partial charge in [-0.3, -0.25) is 9.59 Å². The molecule has 0 bridgehead atoms. The summed E-state index contributed by atoms with van der Waals surface area (Å²) in [4.78, 5) is 25.4. The molecule has 4 aliphatic carbocycles. The molecule has 260 valence electrons. The zero-order valence-corrected chi connectivity index (χ0v) is 29.7. The van der Waals surface area contributed by atoms with Crippen molar-refractivity contribution in [2.45, 2.75) is 143 Å². The average molecular weight is 663 g/mol. The zero-order chi connectivity index (χ0) is 33.9. The van der Waals surface area contributed by atoms with Gasteiger partial charge in [0.15, 0.2) is 11.4 Å². The summed E-state index contributed by atoms with van der Waals surface area (Å²) < 4.78 is 18.2. The molecule has 5 rings (SSSR count). The molecule has 15 atom stereocenters. The molecule has 0 radical (unpaired) electrons. The quantitative estimate of drug-likeness (QED) is 0.142. The van der Waals surface area contributed by atoms with Crippen LogP contribution < -0.4 is 0 Å². The maximum absolute atomic E-state index is 13.0. The fourth-order valence-electron chi connectivity index (χ4n) is 10.6. The van der Waals surface area contributed by atoms with Gasteiger partial charge < -0.3 is 29.5 Å². The molecule has 4 fully saturated rings. The largest absolute Gasteiger partial charge is 0.460 e. The molecule has 0 aromatic carbocycles. The molecule has 5 aliphatic rings. The summed E-state index contributed by atoms with van der Waals surface area (Å²) >= 11 is 4.42. The lowest BCUT2D eigenvalue weighted by molar-refractivity contribution is -0.323. The fraction of sp³-hybridized carbons (Fsp3) is 0.838. The molecule has 0 amide bonds. The van der Waals surface area contributed by atoms with E-state index in [-0.39, 0.29) is 39.7 Å². The Labute approximate surface area is 281 Å². The van der Waals surface area contributed by atoms with E-state index >= 15 is 0 Å². The van der Waals surface area contributed by atoms with Gasteiger partial charge in [-0.2, -0.15) is 0 Å². The summed E-state index contributed by atoms with van der Waals surface area (Å²) in [6.45, 7) is 18.5. The molecular weight excluding hydrogens is 604 g/mol. The van der Waals surface area contributed by atoms with Gasteiger partial charge in [-0.05, 0) is 105 Å². The molecule has 15 unspecified atom stereocenters. The first-order valence-corrected chi connectivity index (χ1v) is 18.1. The van der Waals surface area contributed by atoms with Gasteiger partial charge in [-0.1, -0.05) is 58.4 Å². The summed E-state index contributed by atoms with van der Waals surface area (Å²) in [7, 11) is 0. The van der Waals surface area contributed by atoms with Gasteiger partial charge in [0, 0.05) is 12.8 Å². The number of carbonyl (C=O) groups is 2. The van der Waals surface area contributed by atoms with Crippen molar-refractivity contribution < 1.29 is 39.1 Å². The van der Waals surface area contributed by atoms with Crippen molar-refractivity contribution in [1.82, 2.24) is 0 Å². The van der Waals surface area contributed by atoms with E-state index in [1.165, 1.54) is 18.1 Å². The lowest BCUT2D eigenvalue weighted by Gasteiger charge is -2.61. The molecule has 1 saturated heterocycles. The normalized spacial score (nSPS) is 46.0. The number of rotatable bonds is 9. The predicted molar refractivity (Wildman–Crippen MR) is 179 cm³/mol. The van der Waals surface area contributed by atoms with Crippen molar-refractivity contribution in [2.24, 2.45) is 52.3 Å². The molecule has 1 heterocycles. The van der Waals surface area contributed by atoms with E-state index in [9.17, 15) is 24.9 Å². The Bertz CT molecular complexity index is 1200. The summed E-state index contributed by atoms with van der Waals surface area (Å²) in [6, 6.07) is 0. The van der Waals surface area contributed by atoms with Crippen LogP contribution in [-0.2, 0) is 23.8 Å². The molecule has 9 heteroatoms. The first kappa shape index (κ1) is 36.1. The van der Waals surface area contributed by atoms with Gasteiger partial charge in [0.05, 0.1) is 6.10 Å². The maximum atomic E-state index is 13.0. The molecule has 0 spiro atoms. The topological polar surface area (TPSA) is 123 Å². The van der Waals surface area contributed by atoms with Crippen LogP contribution in [0, 0.1) is 52.3 Å². The van der Waals surface area contributed by atoms with Crippen molar-refractivity contribution in [3.05, 3.63) is 23.8 Å². The Morgan fingerprint density at radius 3 is 2.37 bits per heavy atom. The van der Waals surface area contributed by atoms with E-state index in [1.54, 1.807) is 6.92 Å². The van der Waals surface area contributed by atoms with Crippen LogP contribution in [0.4, 0.5) is 0 Å². The highest BCUT2D eigenvalue weighted by Gasteiger charge is 2.62. The van der Waals surface area contributed by atoms with Crippen molar-refractivity contribution in [1.29, 1.82) is 0 Å². The number of carbonyl (C=O) groups excluding carboxylic acids is 2. The van der Waals surface area contributed by atoms with Gasteiger partial charge >= 0.3 is 5.97 Å². The molecule has 3 saturated carbocycles. The second-order valence-corrected chi connectivity index (χ2v) is 16.6. The number of aliphatic hydroxyl groups excluding tert-OH is 3. The first-order chi connectivity index (χ1) is 21.5. The third-order valence-electron chi connectivity index (χ3n) is 13.4. The van der Waals surface area contributed by atoms with Gasteiger partial charge in [0.25, 0.3) is 0 Å². The van der Waals surface area contributed by atoms with E-state index in [0.29, 0.717) is 30.1 Å². The van der Waals surface area contributed by atoms with Crippen molar-refractivity contribution in [2.75, 3.05) is 0 Å². The SMILES string of the molecule is C=C(CCC(C(=O)S)C1CCC2C3=CCC4C(C)C(OC5OC(C)C(O)C(O)C5O)C(OC(C)=O)CC4(C)C3CCC21C)C(C)C. The van der Waals surface area contributed by atoms with Crippen LogP contribution >= 0.6 is 12.6 Å². The third-order valence-corrected chi connectivity index (χ3v) is 13.7. The Morgan fingerprint density at radius 1 is 1.07 bits per heavy atom. The van der Waals surface area contributed by atoms with Gasteiger partial charge in [-0.15, -0.1) is 12.6 Å². The van der Waals surface area contributed by atoms with Crippen LogP contribution in [0.3, 0.4) is 0 Å². The predicted octanol–water partition coefficient (Wildman–Crippen LogP) is 5.63. The summed E-state index contributed by atoms with van der Waals surface area (Å²) in [5.74, 6) is 1.22. The number of hydrogen-bond donors (Lipinski definition) is 4. The average Bonchev–Trinajstić information content (AvgIpc) is 3.32. The number of allylic oxidation sites excluding steroid dienone is 3. The lowest BCUT2D eigenvalue weighted by atomic mass is 9.45. The summed E-state index contributed by atoms with van der Waals surface area (Å²) in [5.41, 5.74) is 2.62. The highest BCUT2D eigenvalue weighted by atomic mass is 32.1. The van der Waals surface area contributed by atoms with E-state index in [2.05, 4.69) is 59.9 Å². The number of fused-ring (bicyclic) bond motifs is 5. The minimum absolute atomic E-state index is 0.00932. The molecular formula is C37H58O8S. The Morgan fingerprint density at radius 2 is 1.74 bits per heavy atom. The monoisotopic (exact) mass is 662 g/mol. The smallest absolute Gasteiger partial charge is 0.302 e. The van der Waals surface area contributed by atoms with E-state index < -0.39 is 42.9 Å². The molecule has 1 aliphatic heterocycles. The number of thiol groups is 1. The van der Waals surface area contributed by atoms with E-state index in [4.69, 9.17) is 14.2 Å². The van der Waals surface area contributed by atoms with E-state index in [1.807, 2.05) is 0 Å². The highest BCUT2D eigenvalue weighted by molar-refractivity contribution is 7.96. The van der Waals surface area contributed by atoms with Crippen LogP contribution in [0.1, 0.15) is 99.8 Å². The molecule has 0 aromatic rings. The van der Waals surface area contributed by atoms with Crippen LogP contribution in [0.5, 0.6) is 0 Å². The lowest BCUT2D eigenvalue weighted by Crippen LogP contribution is -2.62. The summed E-state index contributed by atoms with van der Waals surface area (Å²) in [5, 5.41) is 31.4. The minimum atomic E-state index is -1.43. The standard InChI is InChI=1S/C37H58O8S/c1-18(2)19(3)9-10-24(34(42)46)27-14-13-26-23-11-12-25-20(4)33(45-35-32(41)31(40)30(39)21(5)43-35)29(44-22(6)38)17-37(25,8)28(23)15-16-36(26,27)7/h11,18,20-21,24-33,35,39-41H,3,9-10,12-17H2,1-2,4-8H3,(H,42,46). The van der Waals surface area contributed by atoms with Gasteiger partial charge in [0.1, 0.15) is 30.5 Å². The molecule has 46 heavy (non-hydrogen) atoms. The fourth-order valence-corrected chi connectivity index (χ4v) is 11.0. The number of hydrogen-bond acceptors (Lipinski definition) is 8. The molecule has 3 N–H and O–H groups in total. The second-order valence-electron chi connectivity index (χ2n) is 16.2. The maximum Gasteiger partial charge on any atom is 0.302 e. The van der Waals surface area contributed by atoms with E-state index in [0.717, 1.165) is 44.9 Å². The highest BCUT2D eigenvalue weighted by Crippen LogP contribution is 2.68. The van der Waals surface area contributed by atoms with Crippen molar-refractivity contribution in [3.8, 4) is 0 Å². The third kappa shape index (κ3) is 6.31. The zero-order valence-electron chi connectivity index (χ0n) is 28.9. The van der Waals surface area contributed by atoms with Crippen LogP contribution in [0.15, 0.2) is 23.8 Å². The van der Waals surface area contributed by atoms with Gasteiger partial charge in [-0.25, -0.2) is 0 Å². The minimum Gasteiger partial charge on any atom is -0.460 e. The van der Waals surface area contributed by atoms with Gasteiger partial charge in [0.2, 0.25) is 0 Å². The number of ether oxygens (including phenoxy) is 3. The molecule has 8 nitrogen and oxygen atoms in total. The Hall–Kier alpha value is -1.23.